The molecule has 0 radical (unpaired) electrons. The third-order valence-electron chi connectivity index (χ3n) is 2.53. The minimum atomic E-state index is -0.560. The summed E-state index contributed by atoms with van der Waals surface area (Å²) in [5, 5.41) is 11.5. The quantitative estimate of drug-likeness (QED) is 0.426. The molecule has 0 saturated carbocycles. The molecule has 20 heavy (non-hydrogen) atoms. The third-order valence-corrected chi connectivity index (χ3v) is 3.47. The topological polar surface area (TPSA) is 52.4 Å². The summed E-state index contributed by atoms with van der Waals surface area (Å²) in [7, 11) is 0. The number of rotatable bonds is 4. The monoisotopic (exact) mass is 331 g/mol. The molecule has 0 aliphatic carbocycles. The zero-order chi connectivity index (χ0) is 14.7. The first-order valence-corrected chi connectivity index (χ1v) is 6.77. The van der Waals surface area contributed by atoms with Crippen LogP contribution in [0.15, 0.2) is 36.4 Å². The van der Waals surface area contributed by atoms with E-state index in [0.717, 1.165) is 5.56 Å². The van der Waals surface area contributed by atoms with Crippen LogP contribution < -0.4 is 4.74 Å². The molecule has 2 rings (SSSR count). The lowest BCUT2D eigenvalue weighted by Crippen LogP contribution is -1.94. The second-order valence-electron chi connectivity index (χ2n) is 3.83. The normalized spacial score (nSPS) is 10.3. The lowest BCUT2D eigenvalue weighted by atomic mass is 10.2. The van der Waals surface area contributed by atoms with Crippen molar-refractivity contribution in [2.24, 2.45) is 0 Å². The molecule has 0 saturated heterocycles. The predicted octanol–water partition coefficient (Wildman–Crippen LogP) is 5.43. The smallest absolute Gasteiger partial charge is 0.313 e. The Morgan fingerprint density at radius 1 is 1.15 bits per heavy atom. The van der Waals surface area contributed by atoms with E-state index in [4.69, 9.17) is 39.5 Å². The van der Waals surface area contributed by atoms with Gasteiger partial charge in [0.25, 0.3) is 0 Å². The van der Waals surface area contributed by atoms with Gasteiger partial charge in [0.1, 0.15) is 5.75 Å². The summed E-state index contributed by atoms with van der Waals surface area (Å²) < 4.78 is 5.48. The zero-order valence-corrected chi connectivity index (χ0v) is 12.2. The zero-order valence-electron chi connectivity index (χ0n) is 9.98. The van der Waals surface area contributed by atoms with E-state index in [1.807, 2.05) is 0 Å². The number of nitro groups is 1. The Labute approximate surface area is 130 Å². The van der Waals surface area contributed by atoms with E-state index in [1.54, 1.807) is 12.1 Å². The number of ether oxygens (including phenoxy) is 1. The van der Waals surface area contributed by atoms with Crippen LogP contribution in [0.25, 0.3) is 0 Å². The fraction of sp³-hybridized carbons (Fsp3) is 0.0769. The second-order valence-corrected chi connectivity index (χ2v) is 4.92. The molecular formula is C13H8Cl3NO3. The Hall–Kier alpha value is -1.49. The van der Waals surface area contributed by atoms with Crippen LogP contribution in [0.4, 0.5) is 5.69 Å². The van der Waals surface area contributed by atoms with Crippen molar-refractivity contribution >= 4 is 40.5 Å². The molecule has 0 atom stereocenters. The van der Waals surface area contributed by atoms with Crippen molar-refractivity contribution in [1.82, 2.24) is 0 Å². The van der Waals surface area contributed by atoms with E-state index >= 15 is 0 Å². The summed E-state index contributed by atoms with van der Waals surface area (Å²) in [5.74, 6) is 0.597. The van der Waals surface area contributed by atoms with Crippen molar-refractivity contribution in [2.45, 2.75) is 5.88 Å². The Bertz CT molecular complexity index is 661. The van der Waals surface area contributed by atoms with Gasteiger partial charge in [0.05, 0.1) is 9.95 Å². The SMILES string of the molecule is O=[N+]([O-])c1cccc(Cl)c1Oc1ccc(CCl)c(Cl)c1. The summed E-state index contributed by atoms with van der Waals surface area (Å²) in [5.41, 5.74) is 0.532. The number of alkyl halides is 1. The average molecular weight is 333 g/mol. The molecule has 0 aliphatic heterocycles. The maximum atomic E-state index is 11.0. The second kappa shape index (κ2) is 6.31. The maximum absolute atomic E-state index is 11.0. The minimum absolute atomic E-state index is 0.0196. The van der Waals surface area contributed by atoms with E-state index < -0.39 is 4.92 Å². The first kappa shape index (κ1) is 14.9. The number of nitrogens with zero attached hydrogens (tertiary/aromatic N) is 1. The van der Waals surface area contributed by atoms with Crippen LogP contribution in [0.1, 0.15) is 5.56 Å². The minimum Gasteiger partial charge on any atom is -0.448 e. The number of hydrogen-bond acceptors (Lipinski definition) is 3. The molecule has 0 fully saturated rings. The van der Waals surface area contributed by atoms with Gasteiger partial charge in [-0.15, -0.1) is 11.6 Å². The van der Waals surface area contributed by atoms with Crippen LogP contribution in [0.5, 0.6) is 11.5 Å². The third kappa shape index (κ3) is 3.15. The van der Waals surface area contributed by atoms with Crippen LogP contribution in [0, 0.1) is 10.1 Å². The Balaban J connectivity index is 2.39. The highest BCUT2D eigenvalue weighted by Gasteiger charge is 2.19. The van der Waals surface area contributed by atoms with Gasteiger partial charge in [0.2, 0.25) is 5.75 Å². The summed E-state index contributed by atoms with van der Waals surface area (Å²) in [4.78, 5) is 10.4. The molecule has 104 valence electrons. The van der Waals surface area contributed by atoms with Crippen molar-refractivity contribution in [3.63, 3.8) is 0 Å². The van der Waals surface area contributed by atoms with Gasteiger partial charge in [-0.1, -0.05) is 35.3 Å². The van der Waals surface area contributed by atoms with Crippen molar-refractivity contribution in [2.75, 3.05) is 0 Å². The van der Waals surface area contributed by atoms with Gasteiger partial charge in [-0.05, 0) is 23.8 Å². The molecule has 0 spiro atoms. The van der Waals surface area contributed by atoms with Gasteiger partial charge < -0.3 is 4.74 Å². The van der Waals surface area contributed by atoms with E-state index in [0.29, 0.717) is 10.8 Å². The molecular weight excluding hydrogens is 325 g/mol. The lowest BCUT2D eigenvalue weighted by Gasteiger charge is -2.09. The number of benzene rings is 2. The largest absolute Gasteiger partial charge is 0.448 e. The Morgan fingerprint density at radius 3 is 2.50 bits per heavy atom. The molecule has 0 amide bonds. The van der Waals surface area contributed by atoms with E-state index in [-0.39, 0.29) is 22.3 Å². The van der Waals surface area contributed by atoms with Gasteiger partial charge in [-0.2, -0.15) is 0 Å². The van der Waals surface area contributed by atoms with Crippen molar-refractivity contribution in [3.05, 3.63) is 62.1 Å². The summed E-state index contributed by atoms with van der Waals surface area (Å²) in [6.07, 6.45) is 0. The van der Waals surface area contributed by atoms with Crippen LogP contribution in [-0.4, -0.2) is 4.92 Å². The highest BCUT2D eigenvalue weighted by atomic mass is 35.5. The first-order valence-electron chi connectivity index (χ1n) is 5.48. The fourth-order valence-corrected chi connectivity index (χ4v) is 2.31. The molecule has 0 heterocycles. The molecule has 4 nitrogen and oxygen atoms in total. The van der Waals surface area contributed by atoms with Gasteiger partial charge in [0.15, 0.2) is 0 Å². The first-order chi connectivity index (χ1) is 9.52. The number of halogens is 3. The molecule has 0 unspecified atom stereocenters. The number of para-hydroxylation sites is 1. The lowest BCUT2D eigenvalue weighted by molar-refractivity contribution is -0.385. The van der Waals surface area contributed by atoms with E-state index in [1.165, 1.54) is 24.3 Å². The maximum Gasteiger partial charge on any atom is 0.313 e. The molecule has 2 aromatic rings. The Kier molecular flexibility index (Phi) is 4.70. The standard InChI is InChI=1S/C13H8Cl3NO3/c14-7-8-4-5-9(6-11(8)16)20-13-10(15)2-1-3-12(13)17(18)19/h1-6H,7H2. The molecule has 0 N–H and O–H groups in total. The average Bonchev–Trinajstić information content (AvgIpc) is 2.41. The van der Waals surface area contributed by atoms with E-state index in [2.05, 4.69) is 0 Å². The van der Waals surface area contributed by atoms with Crippen LogP contribution in [0.3, 0.4) is 0 Å². The number of hydrogen-bond donors (Lipinski definition) is 0. The molecule has 2 aromatic carbocycles. The predicted molar refractivity (Wildman–Crippen MR) is 79.2 cm³/mol. The van der Waals surface area contributed by atoms with Gasteiger partial charge in [-0.3, -0.25) is 10.1 Å². The van der Waals surface area contributed by atoms with Crippen LogP contribution in [-0.2, 0) is 5.88 Å². The molecule has 0 aromatic heterocycles. The van der Waals surface area contributed by atoms with Gasteiger partial charge >= 0.3 is 5.69 Å². The number of nitro benzene ring substituents is 1. The Morgan fingerprint density at radius 2 is 1.90 bits per heavy atom. The van der Waals surface area contributed by atoms with Gasteiger partial charge in [-0.25, -0.2) is 0 Å². The van der Waals surface area contributed by atoms with Crippen molar-refractivity contribution < 1.29 is 9.66 Å². The highest BCUT2D eigenvalue weighted by Crippen LogP contribution is 2.38. The van der Waals surface area contributed by atoms with Gasteiger partial charge in [0, 0.05) is 17.0 Å². The highest BCUT2D eigenvalue weighted by molar-refractivity contribution is 6.33. The molecule has 7 heteroatoms. The summed E-state index contributed by atoms with van der Waals surface area (Å²) in [6, 6.07) is 9.15. The molecule has 0 aliphatic rings. The fourth-order valence-electron chi connectivity index (χ4n) is 1.56. The van der Waals surface area contributed by atoms with E-state index in [9.17, 15) is 10.1 Å². The molecule has 0 bridgehead atoms. The van der Waals surface area contributed by atoms with Crippen LogP contribution >= 0.6 is 34.8 Å². The van der Waals surface area contributed by atoms with Crippen molar-refractivity contribution in [3.8, 4) is 11.5 Å². The summed E-state index contributed by atoms with van der Waals surface area (Å²) >= 11 is 17.6. The van der Waals surface area contributed by atoms with Crippen LogP contribution in [0.2, 0.25) is 10.0 Å². The summed E-state index contributed by atoms with van der Waals surface area (Å²) in [6.45, 7) is 0. The van der Waals surface area contributed by atoms with Crippen molar-refractivity contribution in [1.29, 1.82) is 0 Å².